The Morgan fingerprint density at radius 1 is 0.966 bits per heavy atom. The summed E-state index contributed by atoms with van der Waals surface area (Å²) in [5.74, 6) is 0.625. The van der Waals surface area contributed by atoms with Crippen LogP contribution in [0.15, 0.2) is 48.5 Å². The highest BCUT2D eigenvalue weighted by molar-refractivity contribution is 5.92. The molecule has 0 aliphatic carbocycles. The van der Waals surface area contributed by atoms with Gasteiger partial charge < -0.3 is 10.2 Å². The van der Waals surface area contributed by atoms with E-state index in [0.717, 1.165) is 29.9 Å². The molecule has 5 nitrogen and oxygen atoms in total. The van der Waals surface area contributed by atoms with Gasteiger partial charge in [-0.05, 0) is 41.7 Å². The van der Waals surface area contributed by atoms with E-state index in [-0.39, 0.29) is 11.8 Å². The Kier molecular flexibility index (Phi) is 7.04. The van der Waals surface area contributed by atoms with Crippen molar-refractivity contribution in [2.75, 3.05) is 38.0 Å². The van der Waals surface area contributed by atoms with Crippen molar-refractivity contribution in [1.82, 2.24) is 9.80 Å². The van der Waals surface area contributed by atoms with Gasteiger partial charge in [-0.15, -0.1) is 0 Å². The second-order valence-corrected chi connectivity index (χ2v) is 8.09. The molecule has 2 aromatic carbocycles. The van der Waals surface area contributed by atoms with Gasteiger partial charge in [0, 0.05) is 31.9 Å². The molecule has 1 heterocycles. The molecular weight excluding hydrogens is 362 g/mol. The van der Waals surface area contributed by atoms with Crippen molar-refractivity contribution in [3.8, 4) is 0 Å². The van der Waals surface area contributed by atoms with Gasteiger partial charge in [-0.25, -0.2) is 0 Å². The first kappa shape index (κ1) is 21.1. The number of carbonyl (C=O) groups is 2. The van der Waals surface area contributed by atoms with E-state index in [2.05, 4.69) is 36.2 Å². The average Bonchev–Trinajstić information content (AvgIpc) is 2.70. The van der Waals surface area contributed by atoms with Gasteiger partial charge in [-0.1, -0.05) is 50.2 Å². The Morgan fingerprint density at radius 3 is 2.24 bits per heavy atom. The Morgan fingerprint density at radius 2 is 1.62 bits per heavy atom. The third-order valence-electron chi connectivity index (χ3n) is 5.56. The van der Waals surface area contributed by atoms with Crippen molar-refractivity contribution in [3.63, 3.8) is 0 Å². The molecule has 154 valence electrons. The third kappa shape index (κ3) is 5.91. The topological polar surface area (TPSA) is 52.7 Å². The SMILES string of the molecule is Cc1ccccc1CC(=O)N1CCN(CC(=O)Nc2ccc(C(C)C)cc2)CC1. The largest absolute Gasteiger partial charge is 0.340 e. The van der Waals surface area contributed by atoms with Crippen LogP contribution in [0.25, 0.3) is 0 Å². The van der Waals surface area contributed by atoms with Crippen LogP contribution in [0.4, 0.5) is 5.69 Å². The van der Waals surface area contributed by atoms with E-state index in [1.54, 1.807) is 0 Å². The van der Waals surface area contributed by atoms with Crippen molar-refractivity contribution in [2.45, 2.75) is 33.1 Å². The first-order chi connectivity index (χ1) is 13.9. The zero-order chi connectivity index (χ0) is 20.8. The summed E-state index contributed by atoms with van der Waals surface area (Å²) in [6.45, 7) is 9.47. The summed E-state index contributed by atoms with van der Waals surface area (Å²) in [4.78, 5) is 29.0. The second kappa shape index (κ2) is 9.70. The molecule has 5 heteroatoms. The van der Waals surface area contributed by atoms with Crippen molar-refractivity contribution >= 4 is 17.5 Å². The van der Waals surface area contributed by atoms with Crippen LogP contribution in [0.2, 0.25) is 0 Å². The second-order valence-electron chi connectivity index (χ2n) is 8.09. The number of hydrogen-bond donors (Lipinski definition) is 1. The molecule has 0 bridgehead atoms. The zero-order valence-corrected chi connectivity index (χ0v) is 17.6. The number of piperazine rings is 1. The molecule has 0 spiro atoms. The normalized spacial score (nSPS) is 14.8. The lowest BCUT2D eigenvalue weighted by Crippen LogP contribution is -2.50. The number of aryl methyl sites for hydroxylation is 1. The number of nitrogens with zero attached hydrogens (tertiary/aromatic N) is 2. The minimum Gasteiger partial charge on any atom is -0.340 e. The quantitative estimate of drug-likeness (QED) is 0.818. The summed E-state index contributed by atoms with van der Waals surface area (Å²) in [7, 11) is 0. The number of benzene rings is 2. The average molecular weight is 394 g/mol. The summed E-state index contributed by atoms with van der Waals surface area (Å²) in [6.07, 6.45) is 0.444. The molecule has 0 unspecified atom stereocenters. The van der Waals surface area contributed by atoms with Gasteiger partial charge in [0.25, 0.3) is 0 Å². The molecule has 1 saturated heterocycles. The minimum atomic E-state index is -0.0121. The fraction of sp³-hybridized carbons (Fsp3) is 0.417. The molecule has 2 amide bonds. The Labute approximate surface area is 173 Å². The lowest BCUT2D eigenvalue weighted by molar-refractivity contribution is -0.132. The zero-order valence-electron chi connectivity index (χ0n) is 17.6. The lowest BCUT2D eigenvalue weighted by atomic mass is 10.0. The highest BCUT2D eigenvalue weighted by Crippen LogP contribution is 2.17. The molecular formula is C24H31N3O2. The molecule has 0 aromatic heterocycles. The Bertz CT molecular complexity index is 837. The third-order valence-corrected chi connectivity index (χ3v) is 5.56. The summed E-state index contributed by atoms with van der Waals surface area (Å²) >= 11 is 0. The Hall–Kier alpha value is -2.66. The maximum Gasteiger partial charge on any atom is 0.238 e. The van der Waals surface area contributed by atoms with E-state index in [9.17, 15) is 9.59 Å². The standard InChI is InChI=1S/C24H31N3O2/c1-18(2)20-8-10-22(11-9-20)25-23(28)17-26-12-14-27(15-13-26)24(29)16-21-7-5-4-6-19(21)3/h4-11,18H,12-17H2,1-3H3,(H,25,28). The van der Waals surface area contributed by atoms with Gasteiger partial charge in [0.1, 0.15) is 0 Å². The van der Waals surface area contributed by atoms with Crippen LogP contribution >= 0.6 is 0 Å². The first-order valence-corrected chi connectivity index (χ1v) is 10.4. The number of carbonyl (C=O) groups excluding carboxylic acids is 2. The predicted molar refractivity (Wildman–Crippen MR) is 117 cm³/mol. The van der Waals surface area contributed by atoms with E-state index in [1.165, 1.54) is 5.56 Å². The molecule has 3 rings (SSSR count). The molecule has 2 aromatic rings. The number of anilines is 1. The van der Waals surface area contributed by atoms with Crippen molar-refractivity contribution in [1.29, 1.82) is 0 Å². The van der Waals surface area contributed by atoms with Crippen LogP contribution in [0.5, 0.6) is 0 Å². The van der Waals surface area contributed by atoms with Crippen LogP contribution in [0.1, 0.15) is 36.5 Å². The Balaban J connectivity index is 1.43. The van der Waals surface area contributed by atoms with Crippen LogP contribution in [-0.2, 0) is 16.0 Å². The molecule has 1 N–H and O–H groups in total. The minimum absolute atomic E-state index is 0.0121. The van der Waals surface area contributed by atoms with Crippen LogP contribution in [0.3, 0.4) is 0 Å². The maximum absolute atomic E-state index is 12.6. The molecule has 0 radical (unpaired) electrons. The van der Waals surface area contributed by atoms with Crippen LogP contribution in [0, 0.1) is 6.92 Å². The van der Waals surface area contributed by atoms with Crippen molar-refractivity contribution < 1.29 is 9.59 Å². The number of hydrogen-bond acceptors (Lipinski definition) is 3. The molecule has 1 aliphatic rings. The van der Waals surface area contributed by atoms with Crippen molar-refractivity contribution in [2.24, 2.45) is 0 Å². The summed E-state index contributed by atoms with van der Waals surface area (Å²) in [5.41, 5.74) is 4.32. The maximum atomic E-state index is 12.6. The van der Waals surface area contributed by atoms with Crippen molar-refractivity contribution in [3.05, 3.63) is 65.2 Å². The molecule has 1 fully saturated rings. The summed E-state index contributed by atoms with van der Waals surface area (Å²) < 4.78 is 0. The van der Waals surface area contributed by atoms with Crippen LogP contribution in [-0.4, -0.2) is 54.3 Å². The molecule has 0 saturated carbocycles. The van der Waals surface area contributed by atoms with E-state index in [0.29, 0.717) is 32.0 Å². The van der Waals surface area contributed by atoms with Crippen LogP contribution < -0.4 is 5.32 Å². The first-order valence-electron chi connectivity index (χ1n) is 10.4. The highest BCUT2D eigenvalue weighted by atomic mass is 16.2. The predicted octanol–water partition coefficient (Wildman–Crippen LogP) is 3.44. The highest BCUT2D eigenvalue weighted by Gasteiger charge is 2.22. The molecule has 0 atom stereocenters. The molecule has 1 aliphatic heterocycles. The number of amides is 2. The fourth-order valence-corrected chi connectivity index (χ4v) is 3.59. The monoisotopic (exact) mass is 393 g/mol. The smallest absolute Gasteiger partial charge is 0.238 e. The van der Waals surface area contributed by atoms with E-state index in [1.807, 2.05) is 48.2 Å². The van der Waals surface area contributed by atoms with Gasteiger partial charge in [0.05, 0.1) is 13.0 Å². The van der Waals surface area contributed by atoms with Gasteiger partial charge in [-0.2, -0.15) is 0 Å². The van der Waals surface area contributed by atoms with E-state index < -0.39 is 0 Å². The number of nitrogens with one attached hydrogen (secondary N) is 1. The van der Waals surface area contributed by atoms with Gasteiger partial charge in [-0.3, -0.25) is 14.5 Å². The van der Waals surface area contributed by atoms with Gasteiger partial charge >= 0.3 is 0 Å². The molecule has 29 heavy (non-hydrogen) atoms. The summed E-state index contributed by atoms with van der Waals surface area (Å²) in [6, 6.07) is 16.0. The lowest BCUT2D eigenvalue weighted by Gasteiger charge is -2.34. The summed E-state index contributed by atoms with van der Waals surface area (Å²) in [5, 5.41) is 2.97. The van der Waals surface area contributed by atoms with E-state index >= 15 is 0 Å². The van der Waals surface area contributed by atoms with Gasteiger partial charge in [0.2, 0.25) is 11.8 Å². The van der Waals surface area contributed by atoms with Gasteiger partial charge in [0.15, 0.2) is 0 Å². The fourth-order valence-electron chi connectivity index (χ4n) is 3.59. The van der Waals surface area contributed by atoms with E-state index in [4.69, 9.17) is 0 Å². The number of rotatable bonds is 6.